The summed E-state index contributed by atoms with van der Waals surface area (Å²) >= 11 is 0. The Bertz CT molecular complexity index is 2010. The minimum absolute atomic E-state index is 0.153. The van der Waals surface area contributed by atoms with Crippen LogP contribution in [0.5, 0.6) is 0 Å². The quantitative estimate of drug-likeness (QED) is 0.164. The molecular weight excluding hydrogens is 549 g/mol. The fourth-order valence-electron chi connectivity index (χ4n) is 4.79. The zero-order valence-electron chi connectivity index (χ0n) is 19.8. The second-order valence-electron chi connectivity index (χ2n) is 8.82. The van der Waals surface area contributed by atoms with Crippen molar-refractivity contribution in [2.45, 2.75) is 9.79 Å². The van der Waals surface area contributed by atoms with Crippen molar-refractivity contribution in [2.24, 2.45) is 0 Å². The topological polar surface area (TPSA) is 71.5 Å². The van der Waals surface area contributed by atoms with E-state index in [2.05, 4.69) is 6.07 Å². The number of anilines is 1. The number of hydrogen-bond acceptors (Lipinski definition) is 5. The van der Waals surface area contributed by atoms with Gasteiger partial charge in [0.05, 0.1) is 9.79 Å². The van der Waals surface area contributed by atoms with Gasteiger partial charge in [-0.05, 0) is 45.1 Å². The number of rotatable bonds is 3. The standard InChI is InChI=1S/C16H9ClO2S.C12H12ClNO2S/c17-20(18,19)14-9-7-12-5-4-10-2-1-3-11-6-8-13(14)16(12)15(10)11;1-14(2)11-7-3-6-10-9(11)5-4-8-12(10)17(13,15)16/h1-9H;3-8H,1-2H3. The number of benzene rings is 6. The van der Waals surface area contributed by atoms with Crippen LogP contribution in [-0.4, -0.2) is 30.9 Å². The van der Waals surface area contributed by atoms with Crippen LogP contribution in [0.1, 0.15) is 0 Å². The van der Waals surface area contributed by atoms with Crippen LogP contribution in [0.25, 0.3) is 43.1 Å². The van der Waals surface area contributed by atoms with Crippen molar-refractivity contribution in [3.8, 4) is 0 Å². The van der Waals surface area contributed by atoms with E-state index < -0.39 is 18.1 Å². The summed E-state index contributed by atoms with van der Waals surface area (Å²) in [6, 6.07) is 27.9. The Morgan fingerprint density at radius 3 is 1.62 bits per heavy atom. The molecule has 0 saturated carbocycles. The molecule has 0 amide bonds. The van der Waals surface area contributed by atoms with Crippen molar-refractivity contribution in [3.05, 3.63) is 91.0 Å². The smallest absolute Gasteiger partial charge is 0.261 e. The number of halogens is 2. The molecule has 0 aliphatic rings. The highest BCUT2D eigenvalue weighted by atomic mass is 35.7. The van der Waals surface area contributed by atoms with Crippen LogP contribution in [-0.2, 0) is 18.1 Å². The molecular formula is C28H21Cl2NO4S2. The summed E-state index contributed by atoms with van der Waals surface area (Å²) in [7, 11) is 7.33. The Balaban J connectivity index is 0.000000154. The summed E-state index contributed by atoms with van der Waals surface area (Å²) in [4.78, 5) is 2.26. The average Bonchev–Trinajstić information content (AvgIpc) is 2.85. The van der Waals surface area contributed by atoms with Crippen molar-refractivity contribution < 1.29 is 16.8 Å². The first-order valence-electron chi connectivity index (χ1n) is 11.2. The Labute approximate surface area is 224 Å². The maximum atomic E-state index is 11.7. The molecule has 37 heavy (non-hydrogen) atoms. The highest BCUT2D eigenvalue weighted by Gasteiger charge is 2.18. The highest BCUT2D eigenvalue weighted by Crippen LogP contribution is 2.38. The van der Waals surface area contributed by atoms with Crippen molar-refractivity contribution >= 4 is 88.2 Å². The van der Waals surface area contributed by atoms with E-state index in [1.54, 1.807) is 18.2 Å². The first kappa shape index (κ1) is 25.5. The summed E-state index contributed by atoms with van der Waals surface area (Å²) in [5.74, 6) is 0. The minimum Gasteiger partial charge on any atom is -0.377 e. The number of nitrogens with zero attached hydrogens (tertiary/aromatic N) is 1. The third kappa shape index (κ3) is 4.68. The van der Waals surface area contributed by atoms with E-state index in [0.717, 1.165) is 38.0 Å². The average molecular weight is 571 g/mol. The molecule has 0 heterocycles. The molecule has 0 saturated heterocycles. The molecule has 0 bridgehead atoms. The van der Waals surface area contributed by atoms with Gasteiger partial charge in [-0.25, -0.2) is 16.8 Å². The molecule has 5 nitrogen and oxygen atoms in total. The lowest BCUT2D eigenvalue weighted by atomic mass is 9.94. The normalized spacial score (nSPS) is 12.2. The van der Waals surface area contributed by atoms with Gasteiger partial charge in [0.25, 0.3) is 18.1 Å². The fraction of sp³-hybridized carbons (Fsp3) is 0.0714. The fourth-order valence-corrected chi connectivity index (χ4v) is 6.94. The van der Waals surface area contributed by atoms with Crippen LogP contribution in [0.15, 0.2) is 101 Å². The van der Waals surface area contributed by atoms with Gasteiger partial charge in [0.1, 0.15) is 0 Å². The molecule has 0 atom stereocenters. The summed E-state index contributed by atoms with van der Waals surface area (Å²) in [6.07, 6.45) is 0. The van der Waals surface area contributed by atoms with Gasteiger partial charge >= 0.3 is 0 Å². The van der Waals surface area contributed by atoms with Gasteiger partial charge in [-0.1, -0.05) is 72.8 Å². The molecule has 0 fully saturated rings. The van der Waals surface area contributed by atoms with Gasteiger partial charge < -0.3 is 4.90 Å². The molecule has 0 radical (unpaired) electrons. The van der Waals surface area contributed by atoms with E-state index in [9.17, 15) is 16.8 Å². The van der Waals surface area contributed by atoms with E-state index >= 15 is 0 Å². The zero-order chi connectivity index (χ0) is 26.5. The van der Waals surface area contributed by atoms with Gasteiger partial charge in [-0.3, -0.25) is 0 Å². The Kier molecular flexibility index (Phi) is 6.44. The third-order valence-corrected chi connectivity index (χ3v) is 9.12. The molecule has 6 aromatic carbocycles. The summed E-state index contributed by atoms with van der Waals surface area (Å²) < 4.78 is 46.4. The van der Waals surface area contributed by atoms with E-state index in [1.165, 1.54) is 6.07 Å². The minimum atomic E-state index is -3.76. The van der Waals surface area contributed by atoms with Gasteiger partial charge in [-0.2, -0.15) is 0 Å². The third-order valence-electron chi connectivity index (χ3n) is 6.35. The zero-order valence-corrected chi connectivity index (χ0v) is 23.0. The second kappa shape index (κ2) is 9.33. The molecule has 0 unspecified atom stereocenters. The Hall–Kier alpha value is -3.10. The van der Waals surface area contributed by atoms with Gasteiger partial charge in [0.15, 0.2) is 0 Å². The lowest BCUT2D eigenvalue weighted by molar-refractivity contribution is 0.608. The predicted molar refractivity (Wildman–Crippen MR) is 154 cm³/mol. The van der Waals surface area contributed by atoms with Crippen LogP contribution >= 0.6 is 21.4 Å². The maximum Gasteiger partial charge on any atom is 0.261 e. The molecule has 0 spiro atoms. The molecule has 188 valence electrons. The van der Waals surface area contributed by atoms with Gasteiger partial charge in [-0.15, -0.1) is 0 Å². The first-order valence-corrected chi connectivity index (χ1v) is 15.8. The largest absolute Gasteiger partial charge is 0.377 e. The lowest BCUT2D eigenvalue weighted by Gasteiger charge is -2.16. The SMILES string of the molecule is CN(C)c1cccc2c(S(=O)(=O)Cl)cccc12.O=S(=O)(Cl)c1ccc2ccc3cccc4ccc1c2c34. The summed E-state index contributed by atoms with van der Waals surface area (Å²) in [6.45, 7) is 0. The van der Waals surface area contributed by atoms with Crippen molar-refractivity contribution in [2.75, 3.05) is 19.0 Å². The number of hydrogen-bond donors (Lipinski definition) is 0. The van der Waals surface area contributed by atoms with Crippen molar-refractivity contribution in [3.63, 3.8) is 0 Å². The van der Waals surface area contributed by atoms with Crippen LogP contribution in [0.4, 0.5) is 5.69 Å². The molecule has 6 aromatic rings. The maximum absolute atomic E-state index is 11.7. The lowest BCUT2D eigenvalue weighted by Crippen LogP contribution is -2.09. The van der Waals surface area contributed by atoms with Gasteiger partial charge in [0, 0.05) is 57.3 Å². The Morgan fingerprint density at radius 1 is 0.514 bits per heavy atom. The molecule has 0 aromatic heterocycles. The predicted octanol–water partition coefficient (Wildman–Crippen LogP) is 7.34. The molecule has 0 aliphatic carbocycles. The van der Waals surface area contributed by atoms with E-state index in [4.69, 9.17) is 21.4 Å². The van der Waals surface area contributed by atoms with E-state index in [-0.39, 0.29) is 9.79 Å². The van der Waals surface area contributed by atoms with Crippen LogP contribution in [0.3, 0.4) is 0 Å². The molecule has 0 N–H and O–H groups in total. The van der Waals surface area contributed by atoms with E-state index in [1.807, 2.05) is 79.7 Å². The highest BCUT2D eigenvalue weighted by molar-refractivity contribution is 8.14. The van der Waals surface area contributed by atoms with Crippen LogP contribution < -0.4 is 4.90 Å². The van der Waals surface area contributed by atoms with Crippen molar-refractivity contribution in [1.82, 2.24) is 0 Å². The van der Waals surface area contributed by atoms with Crippen molar-refractivity contribution in [1.29, 1.82) is 0 Å². The second-order valence-corrected chi connectivity index (χ2v) is 13.9. The molecule has 0 aliphatic heterocycles. The van der Waals surface area contributed by atoms with Gasteiger partial charge in [0.2, 0.25) is 0 Å². The molecule has 6 rings (SSSR count). The first-order chi connectivity index (χ1) is 17.5. The van der Waals surface area contributed by atoms with Crippen LogP contribution in [0.2, 0.25) is 0 Å². The monoisotopic (exact) mass is 569 g/mol. The summed E-state index contributed by atoms with van der Waals surface area (Å²) in [5.41, 5.74) is 0.963. The number of fused-ring (bicyclic) bond motifs is 1. The van der Waals surface area contributed by atoms with Crippen LogP contribution in [0, 0.1) is 0 Å². The van der Waals surface area contributed by atoms with E-state index in [0.29, 0.717) is 10.8 Å². The Morgan fingerprint density at radius 2 is 1.00 bits per heavy atom. The molecule has 9 heteroatoms. The summed E-state index contributed by atoms with van der Waals surface area (Å²) in [5, 5.41) is 7.48.